The van der Waals surface area contributed by atoms with Crippen molar-refractivity contribution < 1.29 is 9.72 Å². The van der Waals surface area contributed by atoms with Gasteiger partial charge in [-0.1, -0.05) is 0 Å². The van der Waals surface area contributed by atoms with E-state index in [1.807, 2.05) is 0 Å². The number of aromatic nitrogens is 1. The van der Waals surface area contributed by atoms with E-state index in [0.717, 1.165) is 35.7 Å². The monoisotopic (exact) mass is 251 g/mol. The highest BCUT2D eigenvalue weighted by atomic mass is 16.6. The van der Waals surface area contributed by atoms with Gasteiger partial charge in [0, 0.05) is 18.2 Å². The number of nitrogens with one attached hydrogen (secondary N) is 1. The molecule has 0 aromatic carbocycles. The Morgan fingerprint density at radius 3 is 2.78 bits per heavy atom. The van der Waals surface area contributed by atoms with Crippen LogP contribution in [0.4, 0.5) is 5.69 Å². The van der Waals surface area contributed by atoms with Crippen LogP contribution in [0.25, 0.3) is 0 Å². The van der Waals surface area contributed by atoms with Gasteiger partial charge in [0.15, 0.2) is 0 Å². The Morgan fingerprint density at radius 2 is 2.22 bits per heavy atom. The van der Waals surface area contributed by atoms with Crippen molar-refractivity contribution in [1.29, 1.82) is 0 Å². The van der Waals surface area contributed by atoms with E-state index in [1.54, 1.807) is 6.92 Å². The molecule has 2 rings (SSSR count). The summed E-state index contributed by atoms with van der Waals surface area (Å²) in [5.74, 6) is -0.292. The smallest absolute Gasteiger partial charge is 0.285 e. The number of carbonyl (C=O) groups is 1. The molecule has 0 aliphatic heterocycles. The first-order valence-electron chi connectivity index (χ1n) is 5.66. The van der Waals surface area contributed by atoms with Crippen LogP contribution >= 0.6 is 0 Å². The second kappa shape index (κ2) is 4.59. The number of carbonyl (C=O) groups excluding carboxylic acids is 1. The lowest BCUT2D eigenvalue weighted by molar-refractivity contribution is -0.385. The van der Waals surface area contributed by atoms with E-state index < -0.39 is 16.5 Å². The van der Waals surface area contributed by atoms with Crippen molar-refractivity contribution in [2.24, 2.45) is 0 Å². The summed E-state index contributed by atoms with van der Waals surface area (Å²) in [6, 6.07) is 1.66. The minimum Gasteiger partial charge on any atom is -0.352 e. The van der Waals surface area contributed by atoms with Crippen LogP contribution in [-0.2, 0) is 4.79 Å². The molecule has 0 spiro atoms. The van der Waals surface area contributed by atoms with Crippen LogP contribution in [-0.4, -0.2) is 21.4 Å². The van der Waals surface area contributed by atoms with Crippen LogP contribution in [0, 0.1) is 10.1 Å². The minimum atomic E-state index is -0.752. The third-order valence-corrected chi connectivity index (χ3v) is 2.85. The quantitative estimate of drug-likeness (QED) is 0.626. The van der Waals surface area contributed by atoms with E-state index in [-0.39, 0.29) is 17.6 Å². The van der Waals surface area contributed by atoms with Gasteiger partial charge in [0.05, 0.1) is 11.1 Å². The Bertz CT molecular complexity index is 547. The zero-order valence-electron chi connectivity index (χ0n) is 9.83. The number of rotatable bonds is 4. The molecule has 1 aromatic heterocycles. The standard InChI is InChI=1S/C11H13N3O4/c1-7(11(16)12-8-2-3-8)13-6-9(14(17)18)4-5-10(13)15/h4-8H,2-3H2,1H3,(H,12,16)/t7-/m1/s1. The Hall–Kier alpha value is -2.18. The Morgan fingerprint density at radius 1 is 1.56 bits per heavy atom. The lowest BCUT2D eigenvalue weighted by atomic mass is 10.3. The SMILES string of the molecule is C[C@H](C(=O)NC1CC1)n1cc([N+](=O)[O-])ccc1=O. The fourth-order valence-electron chi connectivity index (χ4n) is 1.58. The van der Waals surface area contributed by atoms with Gasteiger partial charge in [-0.05, 0) is 19.8 Å². The van der Waals surface area contributed by atoms with Gasteiger partial charge in [0.1, 0.15) is 6.04 Å². The summed E-state index contributed by atoms with van der Waals surface area (Å²) in [7, 11) is 0. The van der Waals surface area contributed by atoms with Crippen LogP contribution in [0.2, 0.25) is 0 Å². The maximum Gasteiger partial charge on any atom is 0.285 e. The molecular weight excluding hydrogens is 238 g/mol. The van der Waals surface area contributed by atoms with Crippen molar-refractivity contribution in [3.8, 4) is 0 Å². The molecule has 1 aliphatic rings. The number of pyridine rings is 1. The maximum absolute atomic E-state index is 11.8. The van der Waals surface area contributed by atoms with Gasteiger partial charge < -0.3 is 5.32 Å². The average molecular weight is 251 g/mol. The minimum absolute atomic E-state index is 0.189. The van der Waals surface area contributed by atoms with Crippen molar-refractivity contribution in [1.82, 2.24) is 9.88 Å². The summed E-state index contributed by atoms with van der Waals surface area (Å²) in [5.41, 5.74) is -0.639. The predicted octanol–water partition coefficient (Wildman–Crippen LogP) is 0.596. The summed E-state index contributed by atoms with van der Waals surface area (Å²) in [6.45, 7) is 1.54. The summed E-state index contributed by atoms with van der Waals surface area (Å²) in [6.07, 6.45) is 2.99. The van der Waals surface area contributed by atoms with E-state index in [4.69, 9.17) is 0 Å². The van der Waals surface area contributed by atoms with Crippen LogP contribution < -0.4 is 10.9 Å². The van der Waals surface area contributed by atoms with Crippen molar-refractivity contribution in [2.45, 2.75) is 31.8 Å². The highest BCUT2D eigenvalue weighted by Gasteiger charge is 2.27. The largest absolute Gasteiger partial charge is 0.352 e. The number of hydrogen-bond donors (Lipinski definition) is 1. The Labute approximate surface area is 103 Å². The fourth-order valence-corrected chi connectivity index (χ4v) is 1.58. The highest BCUT2D eigenvalue weighted by Crippen LogP contribution is 2.20. The molecule has 7 heteroatoms. The third-order valence-electron chi connectivity index (χ3n) is 2.85. The molecule has 1 N–H and O–H groups in total. The van der Waals surface area contributed by atoms with Crippen LogP contribution in [0.1, 0.15) is 25.8 Å². The van der Waals surface area contributed by atoms with E-state index >= 15 is 0 Å². The molecule has 1 saturated carbocycles. The summed E-state index contributed by atoms with van der Waals surface area (Å²) < 4.78 is 1.08. The number of nitrogens with zero attached hydrogens (tertiary/aromatic N) is 2. The maximum atomic E-state index is 11.8. The van der Waals surface area contributed by atoms with Crippen LogP contribution in [0.5, 0.6) is 0 Å². The molecule has 1 atom stereocenters. The first kappa shape index (κ1) is 12.3. The Balaban J connectivity index is 2.24. The molecule has 0 saturated heterocycles. The lowest BCUT2D eigenvalue weighted by Gasteiger charge is -2.14. The molecule has 96 valence electrons. The molecule has 1 heterocycles. The van der Waals surface area contributed by atoms with Crippen molar-refractivity contribution in [3.63, 3.8) is 0 Å². The lowest BCUT2D eigenvalue weighted by Crippen LogP contribution is -2.36. The fraction of sp³-hybridized carbons (Fsp3) is 0.455. The molecule has 18 heavy (non-hydrogen) atoms. The van der Waals surface area contributed by atoms with Crippen molar-refractivity contribution in [3.05, 3.63) is 38.8 Å². The van der Waals surface area contributed by atoms with Gasteiger partial charge >= 0.3 is 0 Å². The zero-order valence-corrected chi connectivity index (χ0v) is 9.83. The zero-order chi connectivity index (χ0) is 13.3. The molecule has 1 amide bonds. The normalized spacial score (nSPS) is 16.1. The van der Waals surface area contributed by atoms with Gasteiger partial charge in [-0.25, -0.2) is 0 Å². The topological polar surface area (TPSA) is 94.2 Å². The molecule has 1 aliphatic carbocycles. The Kier molecular flexibility index (Phi) is 3.14. The average Bonchev–Trinajstić information content (AvgIpc) is 3.12. The van der Waals surface area contributed by atoms with E-state index in [1.165, 1.54) is 0 Å². The highest BCUT2D eigenvalue weighted by molar-refractivity contribution is 5.80. The van der Waals surface area contributed by atoms with Crippen LogP contribution in [0.3, 0.4) is 0 Å². The first-order valence-corrected chi connectivity index (χ1v) is 5.66. The van der Waals surface area contributed by atoms with E-state index in [2.05, 4.69) is 5.32 Å². The van der Waals surface area contributed by atoms with E-state index in [0.29, 0.717) is 0 Å². The molecule has 1 aromatic rings. The second-order valence-electron chi connectivity index (χ2n) is 4.35. The van der Waals surface area contributed by atoms with Gasteiger partial charge in [0.2, 0.25) is 5.91 Å². The van der Waals surface area contributed by atoms with Gasteiger partial charge in [0.25, 0.3) is 11.2 Å². The van der Waals surface area contributed by atoms with Gasteiger partial charge in [-0.3, -0.25) is 24.3 Å². The molecule has 1 fully saturated rings. The van der Waals surface area contributed by atoms with Gasteiger partial charge in [-0.2, -0.15) is 0 Å². The van der Waals surface area contributed by atoms with E-state index in [9.17, 15) is 19.7 Å². The molecule has 0 bridgehead atoms. The number of nitro groups is 1. The molecular formula is C11H13N3O4. The summed E-state index contributed by atoms with van der Waals surface area (Å²) in [5, 5.41) is 13.4. The molecule has 0 unspecified atom stereocenters. The van der Waals surface area contributed by atoms with Crippen LogP contribution in [0.15, 0.2) is 23.1 Å². The molecule has 7 nitrogen and oxygen atoms in total. The summed E-state index contributed by atoms with van der Waals surface area (Å²) in [4.78, 5) is 33.4. The van der Waals surface area contributed by atoms with Crippen molar-refractivity contribution in [2.75, 3.05) is 0 Å². The summed E-state index contributed by atoms with van der Waals surface area (Å²) >= 11 is 0. The molecule has 0 radical (unpaired) electrons. The first-order chi connectivity index (χ1) is 8.49. The third kappa shape index (κ3) is 2.55. The van der Waals surface area contributed by atoms with Gasteiger partial charge in [-0.15, -0.1) is 0 Å². The second-order valence-corrected chi connectivity index (χ2v) is 4.35. The number of amides is 1. The predicted molar refractivity (Wildman–Crippen MR) is 63.2 cm³/mol. The van der Waals surface area contributed by atoms with Crippen molar-refractivity contribution >= 4 is 11.6 Å². The number of hydrogen-bond acceptors (Lipinski definition) is 4.